The molecule has 0 fully saturated rings. The van der Waals surface area contributed by atoms with Crippen molar-refractivity contribution >= 4 is 23.4 Å². The minimum atomic E-state index is -4.41. The molecule has 6 heteroatoms. The molecule has 0 saturated heterocycles. The Morgan fingerprint density at radius 1 is 1.05 bits per heavy atom. The molecule has 2 aromatic rings. The molecule has 1 aromatic heterocycles. The number of benzene rings is 1. The van der Waals surface area contributed by atoms with Crippen LogP contribution in [0.4, 0.5) is 13.2 Å². The van der Waals surface area contributed by atoms with Crippen molar-refractivity contribution in [2.24, 2.45) is 0 Å². The maximum Gasteiger partial charge on any atom is 0.416 e. The number of alkyl halides is 3. The number of hydrogen-bond acceptors (Lipinski definition) is 2. The number of halogens is 4. The van der Waals surface area contributed by atoms with E-state index < -0.39 is 11.7 Å². The molecule has 0 aliphatic heterocycles. The number of aromatic nitrogens is 1. The number of thioether (sulfide) groups is 1. The molecule has 2 rings (SSSR count). The van der Waals surface area contributed by atoms with E-state index in [2.05, 4.69) is 4.98 Å². The van der Waals surface area contributed by atoms with Crippen LogP contribution in [0.25, 0.3) is 0 Å². The molecule has 1 heterocycles. The molecule has 0 aliphatic rings. The first kappa shape index (κ1) is 16.2. The van der Waals surface area contributed by atoms with Gasteiger partial charge < -0.3 is 0 Å². The lowest BCUT2D eigenvalue weighted by atomic mass is 10.1. The zero-order valence-corrected chi connectivity index (χ0v) is 13.0. The van der Waals surface area contributed by atoms with E-state index in [1.165, 1.54) is 11.8 Å². The predicted molar refractivity (Wildman–Crippen MR) is 79.7 cm³/mol. The lowest BCUT2D eigenvalue weighted by molar-refractivity contribution is -0.137. The first-order chi connectivity index (χ1) is 9.74. The van der Waals surface area contributed by atoms with E-state index in [1.54, 1.807) is 0 Å². The molecule has 1 aromatic carbocycles. The Morgan fingerprint density at radius 2 is 1.67 bits per heavy atom. The molecule has 0 unspecified atom stereocenters. The maximum absolute atomic E-state index is 12.7. The van der Waals surface area contributed by atoms with Crippen molar-refractivity contribution in [1.29, 1.82) is 0 Å². The van der Waals surface area contributed by atoms with Crippen molar-refractivity contribution in [3.63, 3.8) is 0 Å². The topological polar surface area (TPSA) is 12.9 Å². The van der Waals surface area contributed by atoms with Crippen molar-refractivity contribution in [1.82, 2.24) is 4.98 Å². The van der Waals surface area contributed by atoms with Crippen LogP contribution in [0.3, 0.4) is 0 Å². The fraction of sp³-hybridized carbons (Fsp3) is 0.267. The Morgan fingerprint density at radius 3 is 2.24 bits per heavy atom. The highest BCUT2D eigenvalue weighted by atomic mass is 35.5. The number of pyridine rings is 1. The first-order valence-corrected chi connectivity index (χ1v) is 7.55. The van der Waals surface area contributed by atoms with Gasteiger partial charge in [-0.3, -0.25) is 0 Å². The van der Waals surface area contributed by atoms with Crippen LogP contribution >= 0.6 is 23.4 Å². The summed E-state index contributed by atoms with van der Waals surface area (Å²) in [4.78, 5) is 3.94. The Balaban J connectivity index is 2.18. The largest absolute Gasteiger partial charge is 0.416 e. The van der Waals surface area contributed by atoms with Crippen molar-refractivity contribution < 1.29 is 13.2 Å². The van der Waals surface area contributed by atoms with E-state index in [0.717, 1.165) is 28.8 Å². The van der Waals surface area contributed by atoms with Gasteiger partial charge >= 0.3 is 6.18 Å². The zero-order chi connectivity index (χ0) is 15.6. The second-order valence-corrected chi connectivity index (χ2v) is 6.18. The van der Waals surface area contributed by atoms with Gasteiger partial charge in [-0.05, 0) is 31.5 Å². The lowest BCUT2D eigenvalue weighted by Crippen LogP contribution is -2.05. The van der Waals surface area contributed by atoms with Crippen LogP contribution in [0.5, 0.6) is 0 Å². The Labute approximate surface area is 130 Å². The van der Waals surface area contributed by atoms with Crippen LogP contribution in [0.1, 0.15) is 22.3 Å². The van der Waals surface area contributed by atoms with Crippen LogP contribution in [-0.2, 0) is 11.9 Å². The van der Waals surface area contributed by atoms with Crippen LogP contribution in [0, 0.1) is 13.8 Å². The van der Waals surface area contributed by atoms with Gasteiger partial charge in [0.25, 0.3) is 0 Å². The van der Waals surface area contributed by atoms with Crippen LogP contribution in [0.15, 0.2) is 35.4 Å². The molecular weight excluding hydrogens is 319 g/mol. The molecule has 0 atom stereocenters. The van der Waals surface area contributed by atoms with Gasteiger partial charge in [-0.1, -0.05) is 40.9 Å². The summed E-state index contributed by atoms with van der Waals surface area (Å²) in [5, 5.41) is 0.127. The van der Waals surface area contributed by atoms with E-state index in [4.69, 9.17) is 11.6 Å². The first-order valence-electron chi connectivity index (χ1n) is 6.19. The second kappa shape index (κ2) is 6.28. The molecule has 1 nitrogen and oxygen atoms in total. The molecule has 0 N–H and O–H groups in total. The molecular formula is C15H13ClF3NS. The normalized spacial score (nSPS) is 11.7. The van der Waals surface area contributed by atoms with E-state index in [0.29, 0.717) is 5.75 Å². The Hall–Kier alpha value is -1.20. The summed E-state index contributed by atoms with van der Waals surface area (Å²) >= 11 is 6.90. The molecule has 0 spiro atoms. The molecule has 0 bridgehead atoms. The Kier molecular flexibility index (Phi) is 4.84. The van der Waals surface area contributed by atoms with E-state index >= 15 is 0 Å². The molecule has 21 heavy (non-hydrogen) atoms. The van der Waals surface area contributed by atoms with Gasteiger partial charge in [-0.25, -0.2) is 4.98 Å². The van der Waals surface area contributed by atoms with Gasteiger partial charge in [0.05, 0.1) is 10.6 Å². The summed E-state index contributed by atoms with van der Waals surface area (Å²) in [5.41, 5.74) is 2.53. The summed E-state index contributed by atoms with van der Waals surface area (Å²) in [6.07, 6.45) is -4.41. The van der Waals surface area contributed by atoms with Gasteiger partial charge in [0, 0.05) is 5.75 Å². The monoisotopic (exact) mass is 331 g/mol. The van der Waals surface area contributed by atoms with Crippen LogP contribution in [-0.4, -0.2) is 4.98 Å². The summed E-state index contributed by atoms with van der Waals surface area (Å²) in [6, 6.07) is 7.93. The summed E-state index contributed by atoms with van der Waals surface area (Å²) in [6.45, 7) is 3.97. The highest BCUT2D eigenvalue weighted by molar-refractivity contribution is 7.98. The fourth-order valence-electron chi connectivity index (χ4n) is 2.02. The van der Waals surface area contributed by atoms with Crippen molar-refractivity contribution in [2.75, 3.05) is 0 Å². The third kappa shape index (κ3) is 4.64. The molecule has 0 amide bonds. The van der Waals surface area contributed by atoms with Gasteiger partial charge in [0.2, 0.25) is 0 Å². The van der Waals surface area contributed by atoms with Crippen molar-refractivity contribution in [3.05, 3.63) is 57.7 Å². The fourth-order valence-corrected chi connectivity index (χ4v) is 3.13. The minimum Gasteiger partial charge on any atom is -0.230 e. The maximum atomic E-state index is 12.7. The van der Waals surface area contributed by atoms with Gasteiger partial charge in [0.15, 0.2) is 0 Å². The number of aryl methyl sites for hydroxylation is 2. The SMILES string of the molecule is Cc1cc(C)cc(CSc2cc(C(F)(F)F)cc(Cl)n2)c1. The lowest BCUT2D eigenvalue weighted by Gasteiger charge is -2.09. The molecule has 0 saturated carbocycles. The third-order valence-corrected chi connectivity index (χ3v) is 3.94. The highest BCUT2D eigenvalue weighted by Gasteiger charge is 2.31. The third-order valence-electron chi connectivity index (χ3n) is 2.77. The van der Waals surface area contributed by atoms with E-state index in [9.17, 15) is 13.2 Å². The van der Waals surface area contributed by atoms with Gasteiger partial charge in [-0.15, -0.1) is 11.8 Å². The van der Waals surface area contributed by atoms with Crippen LogP contribution in [0.2, 0.25) is 5.15 Å². The minimum absolute atomic E-state index is 0.146. The number of rotatable bonds is 3. The smallest absolute Gasteiger partial charge is 0.230 e. The second-order valence-electron chi connectivity index (χ2n) is 4.80. The highest BCUT2D eigenvalue weighted by Crippen LogP contribution is 2.33. The van der Waals surface area contributed by atoms with Gasteiger partial charge in [0.1, 0.15) is 5.15 Å². The van der Waals surface area contributed by atoms with Crippen LogP contribution < -0.4 is 0 Å². The average molecular weight is 332 g/mol. The molecule has 0 radical (unpaired) electrons. The molecule has 0 aliphatic carbocycles. The number of nitrogens with zero attached hydrogens (tertiary/aromatic N) is 1. The van der Waals surface area contributed by atoms with E-state index in [-0.39, 0.29) is 10.2 Å². The number of hydrogen-bond donors (Lipinski definition) is 0. The average Bonchev–Trinajstić information content (AvgIpc) is 2.33. The van der Waals surface area contributed by atoms with Crippen molar-refractivity contribution in [2.45, 2.75) is 30.8 Å². The Bertz CT molecular complexity index is 636. The quantitative estimate of drug-likeness (QED) is 0.531. The van der Waals surface area contributed by atoms with Crippen molar-refractivity contribution in [3.8, 4) is 0 Å². The zero-order valence-electron chi connectivity index (χ0n) is 11.5. The summed E-state index contributed by atoms with van der Waals surface area (Å²) in [5.74, 6) is 0.549. The predicted octanol–water partition coefficient (Wildman–Crippen LogP) is 5.66. The van der Waals surface area contributed by atoms with Gasteiger partial charge in [-0.2, -0.15) is 13.2 Å². The van der Waals surface area contributed by atoms with E-state index in [1.807, 2.05) is 32.0 Å². The summed E-state index contributed by atoms with van der Waals surface area (Å²) < 4.78 is 38.2. The summed E-state index contributed by atoms with van der Waals surface area (Å²) in [7, 11) is 0. The standard InChI is InChI=1S/C15H13ClF3NS/c1-9-3-10(2)5-11(4-9)8-21-14-7-12(15(17,18)19)6-13(16)20-14/h3-7H,8H2,1-2H3. The molecule has 112 valence electrons.